The summed E-state index contributed by atoms with van der Waals surface area (Å²) in [6, 6.07) is 1.67. The fourth-order valence-corrected chi connectivity index (χ4v) is 3.54. The number of hydrogen-bond acceptors (Lipinski definition) is 4. The van der Waals surface area contributed by atoms with Crippen molar-refractivity contribution in [3.8, 4) is 0 Å². The maximum absolute atomic E-state index is 12.3. The zero-order valence-electron chi connectivity index (χ0n) is 12.9. The maximum Gasteiger partial charge on any atom is 0.273 e. The van der Waals surface area contributed by atoms with Gasteiger partial charge in [0.1, 0.15) is 0 Å². The molecule has 1 saturated heterocycles. The van der Waals surface area contributed by atoms with E-state index < -0.39 is 0 Å². The molecule has 2 heterocycles. The fourth-order valence-electron chi connectivity index (χ4n) is 2.53. The van der Waals surface area contributed by atoms with Gasteiger partial charge in [0.25, 0.3) is 5.56 Å². The third-order valence-corrected chi connectivity index (χ3v) is 4.65. The van der Waals surface area contributed by atoms with E-state index in [9.17, 15) is 9.59 Å². The Labute approximate surface area is 129 Å². The van der Waals surface area contributed by atoms with Crippen LogP contribution in [0.3, 0.4) is 0 Å². The van der Waals surface area contributed by atoms with E-state index in [1.165, 1.54) is 24.2 Å². The summed E-state index contributed by atoms with van der Waals surface area (Å²) in [6.45, 7) is 7.94. The average Bonchev–Trinajstić information content (AvgIpc) is 2.44. The van der Waals surface area contributed by atoms with Crippen molar-refractivity contribution in [2.24, 2.45) is 5.92 Å². The van der Waals surface area contributed by atoms with Gasteiger partial charge in [-0.3, -0.25) is 9.59 Å². The molecule has 2 rings (SSSR count). The molecule has 0 N–H and O–H groups in total. The Bertz CT molecular complexity index is 556. The van der Waals surface area contributed by atoms with E-state index in [1.807, 2.05) is 23.3 Å². The topological polar surface area (TPSA) is 55.2 Å². The smallest absolute Gasteiger partial charge is 0.273 e. The minimum Gasteiger partial charge on any atom is -0.342 e. The van der Waals surface area contributed by atoms with E-state index in [0.29, 0.717) is 16.8 Å². The predicted molar refractivity (Wildman–Crippen MR) is 84.6 cm³/mol. The third-order valence-electron chi connectivity index (χ3n) is 3.70. The molecule has 1 amide bonds. The standard InChI is InChI=1S/C15H23N3O2S/c1-11(2)18-8-6-13(19)16-15(18)21-10-14(20)17-7-4-5-12(3)9-17/h6,8,11-12H,4-5,7,9-10H2,1-3H3/t12-/m1/s1. The molecule has 1 aromatic rings. The van der Waals surface area contributed by atoms with Crippen molar-refractivity contribution in [2.45, 2.75) is 44.8 Å². The molecule has 116 valence electrons. The first-order valence-electron chi connectivity index (χ1n) is 7.47. The van der Waals surface area contributed by atoms with Gasteiger partial charge in [0.05, 0.1) is 5.75 Å². The summed E-state index contributed by atoms with van der Waals surface area (Å²) in [4.78, 5) is 29.7. The normalized spacial score (nSPS) is 19.0. The van der Waals surface area contributed by atoms with Gasteiger partial charge in [0.15, 0.2) is 5.16 Å². The van der Waals surface area contributed by atoms with Crippen LogP contribution in [0.4, 0.5) is 0 Å². The van der Waals surface area contributed by atoms with Gasteiger partial charge in [-0.1, -0.05) is 18.7 Å². The third kappa shape index (κ3) is 4.33. The van der Waals surface area contributed by atoms with E-state index in [2.05, 4.69) is 11.9 Å². The largest absolute Gasteiger partial charge is 0.342 e. The molecule has 0 spiro atoms. The van der Waals surface area contributed by atoms with Crippen LogP contribution in [-0.2, 0) is 4.79 Å². The van der Waals surface area contributed by atoms with Crippen LogP contribution in [0.25, 0.3) is 0 Å². The number of rotatable bonds is 4. The van der Waals surface area contributed by atoms with Crippen molar-refractivity contribution >= 4 is 17.7 Å². The van der Waals surface area contributed by atoms with Crippen LogP contribution in [-0.4, -0.2) is 39.2 Å². The quantitative estimate of drug-likeness (QED) is 0.632. The number of likely N-dealkylation sites (tertiary alicyclic amines) is 1. The van der Waals surface area contributed by atoms with Crippen molar-refractivity contribution in [3.05, 3.63) is 22.6 Å². The second-order valence-corrected chi connectivity index (χ2v) is 6.87. The molecule has 0 unspecified atom stereocenters. The van der Waals surface area contributed by atoms with Crippen molar-refractivity contribution in [1.82, 2.24) is 14.5 Å². The molecule has 1 aliphatic rings. The summed E-state index contributed by atoms with van der Waals surface area (Å²) in [5, 5.41) is 0.621. The molecule has 0 bridgehead atoms. The fraction of sp³-hybridized carbons (Fsp3) is 0.667. The highest BCUT2D eigenvalue weighted by Crippen LogP contribution is 2.20. The van der Waals surface area contributed by atoms with Crippen LogP contribution in [0.2, 0.25) is 0 Å². The van der Waals surface area contributed by atoms with E-state index in [1.54, 1.807) is 6.20 Å². The molecular weight excluding hydrogens is 286 g/mol. The van der Waals surface area contributed by atoms with Crippen LogP contribution in [0.15, 0.2) is 22.2 Å². The van der Waals surface area contributed by atoms with E-state index >= 15 is 0 Å². The lowest BCUT2D eigenvalue weighted by Gasteiger charge is -2.30. The molecule has 1 fully saturated rings. The van der Waals surface area contributed by atoms with Gasteiger partial charge in [0.2, 0.25) is 5.91 Å². The Morgan fingerprint density at radius 2 is 2.29 bits per heavy atom. The van der Waals surface area contributed by atoms with Crippen molar-refractivity contribution < 1.29 is 4.79 Å². The van der Waals surface area contributed by atoms with Gasteiger partial charge >= 0.3 is 0 Å². The number of carbonyl (C=O) groups is 1. The minimum absolute atomic E-state index is 0.139. The van der Waals surface area contributed by atoms with Gasteiger partial charge in [-0.25, -0.2) is 0 Å². The Morgan fingerprint density at radius 1 is 1.52 bits per heavy atom. The summed E-state index contributed by atoms with van der Waals surface area (Å²) < 4.78 is 1.93. The number of amides is 1. The predicted octanol–water partition coefficient (Wildman–Crippen LogP) is 2.17. The summed E-state index contributed by atoms with van der Waals surface area (Å²) in [6.07, 6.45) is 4.03. The summed E-state index contributed by atoms with van der Waals surface area (Å²) in [5.41, 5.74) is -0.256. The van der Waals surface area contributed by atoms with Gasteiger partial charge in [-0.2, -0.15) is 4.98 Å². The zero-order chi connectivity index (χ0) is 15.4. The molecule has 1 atom stereocenters. The number of piperidine rings is 1. The number of carbonyl (C=O) groups excluding carboxylic acids is 1. The highest BCUT2D eigenvalue weighted by molar-refractivity contribution is 7.99. The zero-order valence-corrected chi connectivity index (χ0v) is 13.7. The van der Waals surface area contributed by atoms with Crippen LogP contribution < -0.4 is 5.56 Å². The summed E-state index contributed by atoms with van der Waals surface area (Å²) >= 11 is 1.35. The Hall–Kier alpha value is -1.30. The number of hydrogen-bond donors (Lipinski definition) is 0. The molecule has 0 aliphatic carbocycles. The highest BCUT2D eigenvalue weighted by Gasteiger charge is 2.21. The minimum atomic E-state index is -0.256. The highest BCUT2D eigenvalue weighted by atomic mass is 32.2. The Balaban J connectivity index is 2.00. The maximum atomic E-state index is 12.3. The lowest BCUT2D eigenvalue weighted by atomic mass is 10.0. The van der Waals surface area contributed by atoms with Crippen LogP contribution in [0.5, 0.6) is 0 Å². The SMILES string of the molecule is CC(C)n1ccc(=O)nc1SCC(=O)N1CCC[C@@H](C)C1. The van der Waals surface area contributed by atoms with Crippen molar-refractivity contribution in [1.29, 1.82) is 0 Å². The van der Waals surface area contributed by atoms with Gasteiger partial charge in [0, 0.05) is 31.4 Å². The van der Waals surface area contributed by atoms with Gasteiger partial charge in [-0.05, 0) is 32.6 Å². The van der Waals surface area contributed by atoms with E-state index in [4.69, 9.17) is 0 Å². The second-order valence-electron chi connectivity index (χ2n) is 5.93. The molecule has 0 radical (unpaired) electrons. The molecule has 6 heteroatoms. The average molecular weight is 309 g/mol. The molecule has 0 saturated carbocycles. The van der Waals surface area contributed by atoms with E-state index in [0.717, 1.165) is 19.5 Å². The summed E-state index contributed by atoms with van der Waals surface area (Å²) in [5.74, 6) is 1.06. The number of aromatic nitrogens is 2. The van der Waals surface area contributed by atoms with Crippen LogP contribution in [0, 0.1) is 5.92 Å². The second kappa shape index (κ2) is 7.11. The molecule has 1 aliphatic heterocycles. The van der Waals surface area contributed by atoms with E-state index in [-0.39, 0.29) is 17.5 Å². The molecular formula is C15H23N3O2S. The first-order chi connectivity index (χ1) is 9.97. The molecule has 5 nitrogen and oxygen atoms in total. The monoisotopic (exact) mass is 309 g/mol. The lowest BCUT2D eigenvalue weighted by molar-refractivity contribution is -0.130. The number of thioether (sulfide) groups is 1. The van der Waals surface area contributed by atoms with Crippen molar-refractivity contribution in [3.63, 3.8) is 0 Å². The van der Waals surface area contributed by atoms with Gasteiger partial charge in [-0.15, -0.1) is 0 Å². The summed E-state index contributed by atoms with van der Waals surface area (Å²) in [7, 11) is 0. The first kappa shape index (κ1) is 16.1. The molecule has 0 aromatic carbocycles. The lowest BCUT2D eigenvalue weighted by Crippen LogP contribution is -2.40. The van der Waals surface area contributed by atoms with Crippen LogP contribution in [0.1, 0.15) is 39.7 Å². The Kier molecular flexibility index (Phi) is 5.45. The van der Waals surface area contributed by atoms with Crippen molar-refractivity contribution in [2.75, 3.05) is 18.8 Å². The van der Waals surface area contributed by atoms with Gasteiger partial charge < -0.3 is 9.47 Å². The van der Waals surface area contributed by atoms with Crippen LogP contribution >= 0.6 is 11.8 Å². The molecule has 1 aromatic heterocycles. The first-order valence-corrected chi connectivity index (χ1v) is 8.45. The Morgan fingerprint density at radius 3 is 2.95 bits per heavy atom. The molecule has 21 heavy (non-hydrogen) atoms. The number of nitrogens with zero attached hydrogens (tertiary/aromatic N) is 3.